The molecule has 1 heterocycles. The normalized spacial score (nSPS) is 12.2. The molecule has 0 aliphatic heterocycles. The van der Waals surface area contributed by atoms with Crippen LogP contribution in [0.25, 0.3) is 10.1 Å². The molecule has 3 aromatic rings. The van der Waals surface area contributed by atoms with E-state index in [0.29, 0.717) is 21.5 Å². The van der Waals surface area contributed by atoms with Gasteiger partial charge in [0.25, 0.3) is 0 Å². The Morgan fingerprint density at radius 2 is 2.04 bits per heavy atom. The second-order valence-corrected chi connectivity index (χ2v) is 7.53. The van der Waals surface area contributed by atoms with E-state index in [0.717, 1.165) is 21.2 Å². The van der Waals surface area contributed by atoms with Crippen LogP contribution < -0.4 is 9.47 Å². The van der Waals surface area contributed by atoms with Gasteiger partial charge in [0, 0.05) is 31.8 Å². The van der Waals surface area contributed by atoms with Crippen molar-refractivity contribution in [2.75, 3.05) is 7.11 Å². The van der Waals surface area contributed by atoms with E-state index < -0.39 is 11.9 Å². The zero-order chi connectivity index (χ0) is 18.8. The Hall–Kier alpha value is -1.95. The van der Waals surface area contributed by atoms with Crippen LogP contribution in [-0.2, 0) is 11.4 Å². The zero-order valence-corrected chi connectivity index (χ0v) is 16.4. The average molecular weight is 411 g/mol. The molecule has 0 bridgehead atoms. The van der Waals surface area contributed by atoms with E-state index in [-0.39, 0.29) is 6.61 Å². The first-order chi connectivity index (χ1) is 12.4. The van der Waals surface area contributed by atoms with Crippen molar-refractivity contribution in [3.05, 3.63) is 56.9 Å². The summed E-state index contributed by atoms with van der Waals surface area (Å²) in [6.45, 7) is 1.95. The van der Waals surface area contributed by atoms with E-state index in [4.69, 9.17) is 32.7 Å². The summed E-state index contributed by atoms with van der Waals surface area (Å²) in [5, 5.41) is 13.1. The molecule has 136 valence electrons. The van der Waals surface area contributed by atoms with Crippen LogP contribution in [0.5, 0.6) is 11.5 Å². The Bertz CT molecular complexity index is 968. The quantitative estimate of drug-likeness (QED) is 0.542. The lowest BCUT2D eigenvalue weighted by Gasteiger charge is -2.12. The highest BCUT2D eigenvalue weighted by molar-refractivity contribution is 7.17. The molecular formula is C19H16Cl2O4S. The van der Waals surface area contributed by atoms with Crippen LogP contribution in [0.3, 0.4) is 0 Å². The fraction of sp³-hybridized carbons (Fsp3) is 0.211. The molecule has 0 saturated heterocycles. The molecule has 1 aromatic heterocycles. The zero-order valence-electron chi connectivity index (χ0n) is 14.1. The number of hydrogen-bond acceptors (Lipinski definition) is 4. The predicted molar refractivity (Wildman–Crippen MR) is 105 cm³/mol. The third-order valence-electron chi connectivity index (χ3n) is 4.11. The second-order valence-electron chi connectivity index (χ2n) is 5.77. The van der Waals surface area contributed by atoms with Gasteiger partial charge in [-0.05, 0) is 36.1 Å². The summed E-state index contributed by atoms with van der Waals surface area (Å²) < 4.78 is 12.2. The summed E-state index contributed by atoms with van der Waals surface area (Å²) in [6, 6.07) is 8.89. The molecule has 4 nitrogen and oxygen atoms in total. The first-order valence-electron chi connectivity index (χ1n) is 7.79. The Balaban J connectivity index is 1.92. The molecule has 2 aromatic carbocycles. The second kappa shape index (κ2) is 7.74. The van der Waals surface area contributed by atoms with Crippen LogP contribution in [0.15, 0.2) is 35.7 Å². The monoisotopic (exact) mass is 410 g/mol. The van der Waals surface area contributed by atoms with Gasteiger partial charge in [0.15, 0.2) is 0 Å². The van der Waals surface area contributed by atoms with Crippen LogP contribution in [0, 0.1) is 0 Å². The Morgan fingerprint density at radius 3 is 2.69 bits per heavy atom. The molecular weight excluding hydrogens is 395 g/mol. The Morgan fingerprint density at radius 1 is 1.27 bits per heavy atom. The van der Waals surface area contributed by atoms with E-state index in [2.05, 4.69) is 0 Å². The number of hydrogen-bond donors (Lipinski definition) is 1. The number of benzene rings is 2. The lowest BCUT2D eigenvalue weighted by molar-refractivity contribution is -0.138. The topological polar surface area (TPSA) is 55.8 Å². The van der Waals surface area contributed by atoms with E-state index >= 15 is 0 Å². The Labute approximate surface area is 164 Å². The van der Waals surface area contributed by atoms with Crippen molar-refractivity contribution in [3.63, 3.8) is 0 Å². The maximum atomic E-state index is 11.3. The van der Waals surface area contributed by atoms with Gasteiger partial charge in [0.2, 0.25) is 0 Å². The van der Waals surface area contributed by atoms with Gasteiger partial charge in [-0.1, -0.05) is 29.3 Å². The van der Waals surface area contributed by atoms with Crippen molar-refractivity contribution < 1.29 is 19.4 Å². The largest absolute Gasteiger partial charge is 0.496 e. The van der Waals surface area contributed by atoms with Crippen molar-refractivity contribution in [2.45, 2.75) is 19.4 Å². The van der Waals surface area contributed by atoms with Crippen LogP contribution in [0.4, 0.5) is 0 Å². The minimum absolute atomic E-state index is 0.286. The van der Waals surface area contributed by atoms with E-state index in [9.17, 15) is 9.90 Å². The molecule has 0 amide bonds. The number of ether oxygens (including phenoxy) is 2. The van der Waals surface area contributed by atoms with E-state index in [1.807, 2.05) is 17.5 Å². The molecule has 0 saturated carbocycles. The summed E-state index contributed by atoms with van der Waals surface area (Å²) in [7, 11) is 1.56. The average Bonchev–Trinajstić information content (AvgIpc) is 3.03. The van der Waals surface area contributed by atoms with Gasteiger partial charge < -0.3 is 14.6 Å². The van der Waals surface area contributed by atoms with Crippen LogP contribution in [0.2, 0.25) is 10.0 Å². The van der Waals surface area contributed by atoms with Gasteiger partial charge in [-0.15, -0.1) is 11.3 Å². The van der Waals surface area contributed by atoms with Gasteiger partial charge in [-0.2, -0.15) is 0 Å². The molecule has 0 spiro atoms. The lowest BCUT2D eigenvalue weighted by Crippen LogP contribution is -2.06. The standard InChI is InChI=1S/C19H16Cl2O4S/c1-10(19(22)23)14-9-26-17-7-13(6-16(24-2)18(14)17)25-8-11-3-4-12(20)5-15(11)21/h3-7,9-10H,8H2,1-2H3,(H,22,23). The van der Waals surface area contributed by atoms with Crippen LogP contribution in [0.1, 0.15) is 24.0 Å². The van der Waals surface area contributed by atoms with Crippen LogP contribution >= 0.6 is 34.5 Å². The molecule has 3 rings (SSSR count). The summed E-state index contributed by atoms with van der Waals surface area (Å²) in [5.74, 6) is -0.275. The molecule has 26 heavy (non-hydrogen) atoms. The van der Waals surface area contributed by atoms with Crippen molar-refractivity contribution >= 4 is 50.6 Å². The van der Waals surface area contributed by atoms with Gasteiger partial charge in [-0.3, -0.25) is 4.79 Å². The first kappa shape index (κ1) is 18.8. The maximum absolute atomic E-state index is 11.3. The minimum atomic E-state index is -0.871. The van der Waals surface area contributed by atoms with Gasteiger partial charge in [-0.25, -0.2) is 0 Å². The molecule has 0 fully saturated rings. The molecule has 1 N–H and O–H groups in total. The number of rotatable bonds is 6. The molecule has 0 aliphatic rings. The van der Waals surface area contributed by atoms with Gasteiger partial charge >= 0.3 is 5.97 Å². The fourth-order valence-corrected chi connectivity index (χ4v) is 4.18. The molecule has 7 heteroatoms. The van der Waals surface area contributed by atoms with Crippen molar-refractivity contribution in [1.82, 2.24) is 0 Å². The number of fused-ring (bicyclic) bond motifs is 1. The third kappa shape index (κ3) is 3.75. The summed E-state index contributed by atoms with van der Waals surface area (Å²) in [4.78, 5) is 11.3. The molecule has 0 radical (unpaired) electrons. The highest BCUT2D eigenvalue weighted by Gasteiger charge is 2.21. The number of thiophene rings is 1. The summed E-state index contributed by atoms with van der Waals surface area (Å²) in [5.41, 5.74) is 1.56. The number of methoxy groups -OCH3 is 1. The van der Waals surface area contributed by atoms with E-state index in [1.165, 1.54) is 11.3 Å². The molecule has 0 aliphatic carbocycles. The third-order valence-corrected chi connectivity index (χ3v) is 5.64. The van der Waals surface area contributed by atoms with Crippen molar-refractivity contribution in [1.29, 1.82) is 0 Å². The maximum Gasteiger partial charge on any atom is 0.310 e. The van der Waals surface area contributed by atoms with Crippen molar-refractivity contribution in [3.8, 4) is 11.5 Å². The van der Waals surface area contributed by atoms with Crippen LogP contribution in [-0.4, -0.2) is 18.2 Å². The molecule has 1 unspecified atom stereocenters. The first-order valence-corrected chi connectivity index (χ1v) is 9.43. The fourth-order valence-electron chi connectivity index (χ4n) is 2.62. The number of halogens is 2. The Kier molecular flexibility index (Phi) is 5.61. The summed E-state index contributed by atoms with van der Waals surface area (Å²) in [6.07, 6.45) is 0. The highest BCUT2D eigenvalue weighted by atomic mass is 35.5. The minimum Gasteiger partial charge on any atom is -0.496 e. The number of carboxylic acids is 1. The number of aliphatic carboxylic acids is 1. The van der Waals surface area contributed by atoms with Crippen molar-refractivity contribution in [2.24, 2.45) is 0 Å². The number of carboxylic acid groups (broad SMARTS) is 1. The highest BCUT2D eigenvalue weighted by Crippen LogP contribution is 2.40. The summed E-state index contributed by atoms with van der Waals surface area (Å²) >= 11 is 13.5. The predicted octanol–water partition coefficient (Wildman–Crippen LogP) is 5.98. The van der Waals surface area contributed by atoms with Gasteiger partial charge in [0.05, 0.1) is 13.0 Å². The molecule has 1 atom stereocenters. The SMILES string of the molecule is COc1cc(OCc2ccc(Cl)cc2Cl)cc2scc(C(C)C(=O)O)c12. The van der Waals surface area contributed by atoms with Gasteiger partial charge in [0.1, 0.15) is 18.1 Å². The smallest absolute Gasteiger partial charge is 0.310 e. The lowest BCUT2D eigenvalue weighted by atomic mass is 10.00. The number of carbonyl (C=O) groups is 1. The van der Waals surface area contributed by atoms with E-state index in [1.54, 1.807) is 32.2 Å².